The molecule has 0 atom stereocenters. The molecule has 0 aliphatic rings. The van der Waals surface area contributed by atoms with Crippen molar-refractivity contribution in [2.75, 3.05) is 0 Å². The van der Waals surface area contributed by atoms with Crippen LogP contribution in [0, 0.1) is 13.8 Å². The third-order valence-electron chi connectivity index (χ3n) is 4.18. The number of carbonyl (C=O) groups excluding carboxylic acids is 1. The number of imidazole rings is 1. The molecule has 0 amide bonds. The van der Waals surface area contributed by atoms with Gasteiger partial charge in [0, 0.05) is 29.6 Å². The molecular weight excluding hydrogens is 434 g/mol. The number of halogens is 2. The lowest BCUT2D eigenvalue weighted by molar-refractivity contribution is -0.687. The van der Waals surface area contributed by atoms with Crippen LogP contribution in [0.15, 0.2) is 41.0 Å². The highest BCUT2D eigenvalue weighted by atomic mass is 79.9. The predicted octanol–water partition coefficient (Wildman–Crippen LogP) is 0.610. The van der Waals surface area contributed by atoms with Crippen LogP contribution < -0.4 is 21.5 Å². The van der Waals surface area contributed by atoms with Gasteiger partial charge in [-0.3, -0.25) is 4.79 Å². The van der Waals surface area contributed by atoms with Crippen LogP contribution in [0.2, 0.25) is 0 Å². The molecule has 6 heteroatoms. The standard InChI is InChI=1S/C18H19BrN3O.BrH/c1-4-22-13(3)20-18-12(2)21(10-9-16(18)22)11-17(23)14-5-7-15(19)8-6-14;/h5-10H,4,11H2,1-3H3;1H/q+1;/p-1. The highest BCUT2D eigenvalue weighted by Crippen LogP contribution is 2.17. The molecule has 0 radical (unpaired) electrons. The lowest BCUT2D eigenvalue weighted by Crippen LogP contribution is -3.00. The molecule has 2 aromatic heterocycles. The fourth-order valence-corrected chi connectivity index (χ4v) is 3.14. The summed E-state index contributed by atoms with van der Waals surface area (Å²) in [7, 11) is 0. The van der Waals surface area contributed by atoms with E-state index in [4.69, 9.17) is 0 Å². The second kappa shape index (κ2) is 7.57. The van der Waals surface area contributed by atoms with Gasteiger partial charge >= 0.3 is 0 Å². The van der Waals surface area contributed by atoms with Gasteiger partial charge in [-0.15, -0.1) is 0 Å². The van der Waals surface area contributed by atoms with E-state index in [1.807, 2.05) is 54.9 Å². The number of benzene rings is 1. The highest BCUT2D eigenvalue weighted by Gasteiger charge is 2.19. The maximum absolute atomic E-state index is 12.5. The largest absolute Gasteiger partial charge is 1.00 e. The summed E-state index contributed by atoms with van der Waals surface area (Å²) < 4.78 is 5.13. The topological polar surface area (TPSA) is 38.8 Å². The molecule has 1 aromatic carbocycles. The highest BCUT2D eigenvalue weighted by molar-refractivity contribution is 9.10. The predicted molar refractivity (Wildman–Crippen MR) is 93.5 cm³/mol. The van der Waals surface area contributed by atoms with Crippen molar-refractivity contribution in [3.63, 3.8) is 0 Å². The van der Waals surface area contributed by atoms with Crippen molar-refractivity contribution < 1.29 is 26.3 Å². The number of nitrogens with zero attached hydrogens (tertiary/aromatic N) is 3. The zero-order valence-electron chi connectivity index (χ0n) is 13.9. The molecule has 3 rings (SSSR count). The van der Waals surface area contributed by atoms with Crippen LogP contribution in [0.5, 0.6) is 0 Å². The van der Waals surface area contributed by atoms with E-state index < -0.39 is 0 Å². The van der Waals surface area contributed by atoms with Gasteiger partial charge in [-0.05, 0) is 26.0 Å². The lowest BCUT2D eigenvalue weighted by atomic mass is 10.1. The molecule has 3 aromatic rings. The number of aromatic nitrogens is 3. The third kappa shape index (κ3) is 3.44. The van der Waals surface area contributed by atoms with Gasteiger partial charge in [0.2, 0.25) is 18.0 Å². The molecule has 0 saturated heterocycles. The summed E-state index contributed by atoms with van der Waals surface area (Å²) in [5.74, 6) is 1.10. The van der Waals surface area contributed by atoms with Crippen molar-refractivity contribution in [2.45, 2.75) is 33.9 Å². The van der Waals surface area contributed by atoms with Gasteiger partial charge in [0.1, 0.15) is 5.82 Å². The first kappa shape index (κ1) is 18.8. The molecule has 0 aliphatic heterocycles. The minimum Gasteiger partial charge on any atom is -1.00 e. The minimum absolute atomic E-state index is 0. The van der Waals surface area contributed by atoms with Crippen LogP contribution in [0.1, 0.15) is 28.8 Å². The van der Waals surface area contributed by atoms with E-state index in [0.717, 1.165) is 39.1 Å². The van der Waals surface area contributed by atoms with E-state index in [2.05, 4.69) is 32.4 Å². The monoisotopic (exact) mass is 451 g/mol. The fraction of sp³-hybridized carbons (Fsp3) is 0.278. The quantitative estimate of drug-likeness (QED) is 0.429. The summed E-state index contributed by atoms with van der Waals surface area (Å²) in [6.45, 7) is 7.36. The Balaban J connectivity index is 0.00000208. The number of pyridine rings is 1. The van der Waals surface area contributed by atoms with Gasteiger partial charge in [-0.2, -0.15) is 4.57 Å². The van der Waals surface area contributed by atoms with Crippen molar-refractivity contribution in [3.05, 3.63) is 58.1 Å². The summed E-state index contributed by atoms with van der Waals surface area (Å²) in [5.41, 5.74) is 3.82. The molecule has 0 bridgehead atoms. The van der Waals surface area contributed by atoms with E-state index in [9.17, 15) is 4.79 Å². The minimum atomic E-state index is 0. The van der Waals surface area contributed by atoms with E-state index in [0.29, 0.717) is 6.54 Å². The van der Waals surface area contributed by atoms with Crippen LogP contribution in [-0.4, -0.2) is 15.3 Å². The van der Waals surface area contributed by atoms with Gasteiger partial charge in [0.05, 0.1) is 5.52 Å². The zero-order valence-corrected chi connectivity index (χ0v) is 17.1. The van der Waals surface area contributed by atoms with Crippen molar-refractivity contribution in [1.82, 2.24) is 9.55 Å². The van der Waals surface area contributed by atoms with E-state index in [1.165, 1.54) is 0 Å². The molecule has 0 fully saturated rings. The van der Waals surface area contributed by atoms with Crippen LogP contribution in [0.25, 0.3) is 11.0 Å². The Morgan fingerprint density at radius 3 is 2.50 bits per heavy atom. The van der Waals surface area contributed by atoms with E-state index in [-0.39, 0.29) is 22.8 Å². The second-order valence-electron chi connectivity index (χ2n) is 5.60. The summed E-state index contributed by atoms with van der Waals surface area (Å²) in [6.07, 6.45) is 1.97. The Bertz CT molecular complexity index is 885. The first-order valence-corrected chi connectivity index (χ1v) is 8.45. The third-order valence-corrected chi connectivity index (χ3v) is 4.71. The van der Waals surface area contributed by atoms with Crippen molar-refractivity contribution >= 4 is 32.7 Å². The summed E-state index contributed by atoms with van der Waals surface area (Å²) in [4.78, 5) is 17.1. The summed E-state index contributed by atoms with van der Waals surface area (Å²) in [6, 6.07) is 9.51. The molecule has 0 aliphatic carbocycles. The van der Waals surface area contributed by atoms with Crippen LogP contribution in [0.3, 0.4) is 0 Å². The normalized spacial score (nSPS) is 10.7. The number of rotatable bonds is 4. The average molecular weight is 453 g/mol. The smallest absolute Gasteiger partial charge is 0.227 e. The average Bonchev–Trinajstić information content (AvgIpc) is 2.87. The van der Waals surface area contributed by atoms with Gasteiger partial charge in [-0.25, -0.2) is 4.98 Å². The number of Topliss-reactive ketones (excluding diaryl/α,β-unsaturated/α-hetero) is 1. The molecule has 4 nitrogen and oxygen atoms in total. The van der Waals surface area contributed by atoms with Gasteiger partial charge in [0.25, 0.3) is 0 Å². The van der Waals surface area contributed by atoms with Gasteiger partial charge in [-0.1, -0.05) is 28.1 Å². The number of hydrogen-bond acceptors (Lipinski definition) is 2. The molecular formula is C18H19Br2N3O. The molecule has 0 saturated carbocycles. The van der Waals surface area contributed by atoms with Gasteiger partial charge in [0.15, 0.2) is 11.7 Å². The molecule has 24 heavy (non-hydrogen) atoms. The first-order valence-electron chi connectivity index (χ1n) is 7.66. The molecule has 0 spiro atoms. The second-order valence-corrected chi connectivity index (χ2v) is 6.51. The Hall–Kier alpha value is -1.53. The Labute approximate surface area is 160 Å². The number of fused-ring (bicyclic) bond motifs is 1. The first-order chi connectivity index (χ1) is 11.0. The molecule has 2 heterocycles. The van der Waals surface area contributed by atoms with E-state index in [1.54, 1.807) is 0 Å². The maximum atomic E-state index is 12.5. The summed E-state index contributed by atoms with van der Waals surface area (Å²) in [5, 5.41) is 0. The Morgan fingerprint density at radius 1 is 1.21 bits per heavy atom. The number of hydrogen-bond donors (Lipinski definition) is 0. The maximum Gasteiger partial charge on any atom is 0.227 e. The number of ketones is 1. The molecule has 0 unspecified atom stereocenters. The lowest BCUT2D eigenvalue weighted by Gasteiger charge is -2.04. The zero-order chi connectivity index (χ0) is 16.6. The Kier molecular flexibility index (Phi) is 5.93. The molecule has 126 valence electrons. The number of carbonyl (C=O) groups is 1. The van der Waals surface area contributed by atoms with Gasteiger partial charge < -0.3 is 21.5 Å². The van der Waals surface area contributed by atoms with Crippen LogP contribution >= 0.6 is 15.9 Å². The number of aryl methyl sites for hydroxylation is 3. The SMILES string of the molecule is CCn1c(C)nc2c(C)[n+](CC(=O)c3ccc(Br)cc3)ccc21.[Br-]. The van der Waals surface area contributed by atoms with Crippen molar-refractivity contribution in [1.29, 1.82) is 0 Å². The van der Waals surface area contributed by atoms with Crippen LogP contribution in [0.4, 0.5) is 0 Å². The van der Waals surface area contributed by atoms with Crippen molar-refractivity contribution in [3.8, 4) is 0 Å². The molecule has 0 N–H and O–H groups in total. The summed E-state index contributed by atoms with van der Waals surface area (Å²) >= 11 is 3.39. The Morgan fingerprint density at radius 2 is 1.88 bits per heavy atom. The fourth-order valence-electron chi connectivity index (χ4n) is 2.88. The van der Waals surface area contributed by atoms with Crippen LogP contribution in [-0.2, 0) is 13.1 Å². The van der Waals surface area contributed by atoms with E-state index >= 15 is 0 Å². The van der Waals surface area contributed by atoms with Crippen molar-refractivity contribution in [2.24, 2.45) is 0 Å².